The van der Waals surface area contributed by atoms with Crippen molar-refractivity contribution in [3.05, 3.63) is 51.9 Å². The summed E-state index contributed by atoms with van der Waals surface area (Å²) in [7, 11) is -3.52. The molecular weight excluding hydrogens is 406 g/mol. The number of amides is 1. The first-order valence-corrected chi connectivity index (χ1v) is 11.1. The summed E-state index contributed by atoms with van der Waals surface area (Å²) in [5.41, 5.74) is 1.02. The quantitative estimate of drug-likeness (QED) is 0.693. The molecule has 1 amide bonds. The maximum Gasteiger partial charge on any atom is 0.277 e. The second-order valence-corrected chi connectivity index (χ2v) is 10.4. The zero-order valence-electron chi connectivity index (χ0n) is 14.2. The van der Waals surface area contributed by atoms with Crippen molar-refractivity contribution in [3.63, 3.8) is 0 Å². The highest BCUT2D eigenvalue weighted by Gasteiger charge is 2.31. The fourth-order valence-electron chi connectivity index (χ4n) is 2.69. The lowest BCUT2D eigenvalue weighted by Crippen LogP contribution is -2.35. The SMILES string of the molecule is Cc1ccc(S(=O)(=O)N2CCc3nc(NC(=O)c4cnccn4)sc3C2)s1. The number of carbonyl (C=O) groups excluding carboxylic acids is 1. The van der Waals surface area contributed by atoms with Gasteiger partial charge < -0.3 is 0 Å². The summed E-state index contributed by atoms with van der Waals surface area (Å²) in [5.74, 6) is -0.396. The van der Waals surface area contributed by atoms with E-state index in [4.69, 9.17) is 0 Å². The summed E-state index contributed by atoms with van der Waals surface area (Å²) in [4.78, 5) is 26.2. The highest BCUT2D eigenvalue weighted by atomic mass is 32.2. The molecule has 8 nitrogen and oxygen atoms in total. The van der Waals surface area contributed by atoms with Gasteiger partial charge in [0.15, 0.2) is 5.13 Å². The second-order valence-electron chi connectivity index (χ2n) is 5.89. The van der Waals surface area contributed by atoms with Gasteiger partial charge in [-0.2, -0.15) is 4.31 Å². The fourth-order valence-corrected chi connectivity index (χ4v) is 6.63. The molecule has 1 aliphatic heterocycles. The third-order valence-electron chi connectivity index (χ3n) is 4.02. The first-order valence-electron chi connectivity index (χ1n) is 8.06. The number of fused-ring (bicyclic) bond motifs is 1. The van der Waals surface area contributed by atoms with Crippen LogP contribution in [0.25, 0.3) is 0 Å². The first-order chi connectivity index (χ1) is 12.9. The van der Waals surface area contributed by atoms with Gasteiger partial charge in [0.2, 0.25) is 0 Å². The maximum absolute atomic E-state index is 12.8. The molecule has 0 spiro atoms. The van der Waals surface area contributed by atoms with E-state index in [1.165, 1.54) is 45.6 Å². The molecule has 0 saturated heterocycles. The maximum atomic E-state index is 12.8. The highest BCUT2D eigenvalue weighted by Crippen LogP contribution is 2.32. The molecule has 4 rings (SSSR count). The van der Waals surface area contributed by atoms with Crippen molar-refractivity contribution >= 4 is 43.7 Å². The molecule has 4 heterocycles. The van der Waals surface area contributed by atoms with Crippen molar-refractivity contribution < 1.29 is 13.2 Å². The third kappa shape index (κ3) is 3.63. The first kappa shape index (κ1) is 18.2. The van der Waals surface area contributed by atoms with Gasteiger partial charge in [0.25, 0.3) is 15.9 Å². The van der Waals surface area contributed by atoms with Gasteiger partial charge in [0.1, 0.15) is 9.90 Å². The second kappa shape index (κ2) is 7.08. The number of carbonyl (C=O) groups is 1. The molecule has 0 aromatic carbocycles. The highest BCUT2D eigenvalue weighted by molar-refractivity contribution is 7.91. The van der Waals surface area contributed by atoms with Crippen LogP contribution in [-0.2, 0) is 23.0 Å². The predicted molar refractivity (Wildman–Crippen MR) is 102 cm³/mol. The fraction of sp³-hybridized carbons (Fsp3) is 0.250. The van der Waals surface area contributed by atoms with Gasteiger partial charge in [-0.3, -0.25) is 15.1 Å². The van der Waals surface area contributed by atoms with E-state index in [-0.39, 0.29) is 12.2 Å². The average molecular weight is 422 g/mol. The zero-order chi connectivity index (χ0) is 19.0. The number of aromatic nitrogens is 3. The van der Waals surface area contributed by atoms with E-state index in [9.17, 15) is 13.2 Å². The standard InChI is InChI=1S/C16H15N5O3S3/c1-10-2-3-14(25-10)27(23,24)21-7-4-11-13(9-21)26-16(19-11)20-15(22)12-8-17-5-6-18-12/h2-3,5-6,8H,4,7,9H2,1H3,(H,19,20,22). The van der Waals surface area contributed by atoms with Crippen LogP contribution >= 0.6 is 22.7 Å². The van der Waals surface area contributed by atoms with Crippen molar-refractivity contribution in [3.8, 4) is 0 Å². The molecule has 3 aromatic rings. The Morgan fingerprint density at radius 2 is 2.11 bits per heavy atom. The van der Waals surface area contributed by atoms with Crippen LogP contribution in [0.2, 0.25) is 0 Å². The van der Waals surface area contributed by atoms with E-state index in [1.54, 1.807) is 12.1 Å². The van der Waals surface area contributed by atoms with Crippen LogP contribution in [0.4, 0.5) is 5.13 Å². The lowest BCUT2D eigenvalue weighted by Gasteiger charge is -2.24. The smallest absolute Gasteiger partial charge is 0.277 e. The minimum absolute atomic E-state index is 0.197. The summed E-state index contributed by atoms with van der Waals surface area (Å²) in [6, 6.07) is 3.45. The van der Waals surface area contributed by atoms with Gasteiger partial charge in [0, 0.05) is 35.1 Å². The number of nitrogens with zero attached hydrogens (tertiary/aromatic N) is 4. The summed E-state index contributed by atoms with van der Waals surface area (Å²) in [6.07, 6.45) is 4.82. The van der Waals surface area contributed by atoms with Gasteiger partial charge in [-0.15, -0.1) is 22.7 Å². The molecule has 0 fully saturated rings. The number of sulfonamides is 1. The van der Waals surface area contributed by atoms with Crippen LogP contribution in [0.1, 0.15) is 25.9 Å². The Kier molecular flexibility index (Phi) is 4.76. The van der Waals surface area contributed by atoms with E-state index in [0.29, 0.717) is 22.3 Å². The number of hydrogen-bond acceptors (Lipinski definition) is 8. The van der Waals surface area contributed by atoms with E-state index in [1.807, 2.05) is 6.92 Å². The predicted octanol–water partition coefficient (Wildman–Crippen LogP) is 2.30. The monoisotopic (exact) mass is 421 g/mol. The largest absolute Gasteiger partial charge is 0.296 e. The molecule has 0 aliphatic carbocycles. The lowest BCUT2D eigenvalue weighted by molar-refractivity contribution is 0.102. The van der Waals surface area contributed by atoms with E-state index >= 15 is 0 Å². The molecule has 27 heavy (non-hydrogen) atoms. The van der Waals surface area contributed by atoms with Crippen LogP contribution in [0.15, 0.2) is 34.9 Å². The molecule has 140 valence electrons. The Hall–Kier alpha value is -2.21. The number of thiophene rings is 1. The minimum atomic E-state index is -3.52. The normalized spacial score (nSPS) is 14.7. The molecule has 0 radical (unpaired) electrons. The summed E-state index contributed by atoms with van der Waals surface area (Å²) >= 11 is 2.55. The van der Waals surface area contributed by atoms with Gasteiger partial charge in [-0.25, -0.2) is 18.4 Å². The van der Waals surface area contributed by atoms with Gasteiger partial charge >= 0.3 is 0 Å². The Bertz CT molecular complexity index is 1090. The van der Waals surface area contributed by atoms with Crippen LogP contribution in [0.5, 0.6) is 0 Å². The van der Waals surface area contributed by atoms with Crippen molar-refractivity contribution in [2.75, 3.05) is 11.9 Å². The molecule has 0 unspecified atom stereocenters. The zero-order valence-corrected chi connectivity index (χ0v) is 16.7. The van der Waals surface area contributed by atoms with Crippen molar-refractivity contribution in [1.82, 2.24) is 19.3 Å². The third-order valence-corrected chi connectivity index (χ3v) is 8.33. The molecule has 11 heteroatoms. The van der Waals surface area contributed by atoms with Crippen LogP contribution in [0.3, 0.4) is 0 Å². The molecule has 0 saturated carbocycles. The Morgan fingerprint density at radius 3 is 2.81 bits per heavy atom. The van der Waals surface area contributed by atoms with Crippen LogP contribution in [0, 0.1) is 6.92 Å². The number of anilines is 1. The molecular formula is C16H15N5O3S3. The summed E-state index contributed by atoms with van der Waals surface area (Å²) in [6.45, 7) is 2.51. The van der Waals surface area contributed by atoms with Gasteiger partial charge in [0.05, 0.1) is 18.4 Å². The van der Waals surface area contributed by atoms with Crippen molar-refractivity contribution in [2.24, 2.45) is 0 Å². The van der Waals surface area contributed by atoms with Crippen molar-refractivity contribution in [1.29, 1.82) is 0 Å². The van der Waals surface area contributed by atoms with Gasteiger partial charge in [-0.1, -0.05) is 0 Å². The van der Waals surface area contributed by atoms with Crippen LogP contribution < -0.4 is 5.32 Å². The number of nitrogens with one attached hydrogen (secondary N) is 1. The summed E-state index contributed by atoms with van der Waals surface area (Å²) < 4.78 is 27.4. The van der Waals surface area contributed by atoms with Gasteiger partial charge in [-0.05, 0) is 19.1 Å². The van der Waals surface area contributed by atoms with Crippen LogP contribution in [-0.4, -0.2) is 40.1 Å². The topological polar surface area (TPSA) is 105 Å². The lowest BCUT2D eigenvalue weighted by atomic mass is 10.2. The molecule has 1 aliphatic rings. The average Bonchev–Trinajstić information content (AvgIpc) is 3.27. The Morgan fingerprint density at radius 1 is 1.26 bits per heavy atom. The summed E-state index contributed by atoms with van der Waals surface area (Å²) in [5, 5.41) is 3.14. The number of aryl methyl sites for hydroxylation is 1. The molecule has 0 bridgehead atoms. The molecule has 3 aromatic heterocycles. The Labute approximate surface area is 164 Å². The molecule has 1 N–H and O–H groups in total. The van der Waals surface area contributed by atoms with E-state index < -0.39 is 15.9 Å². The number of hydrogen-bond donors (Lipinski definition) is 1. The van der Waals surface area contributed by atoms with E-state index in [0.717, 1.165) is 15.4 Å². The molecule has 0 atom stereocenters. The number of rotatable bonds is 4. The van der Waals surface area contributed by atoms with E-state index in [2.05, 4.69) is 20.3 Å². The number of thiazole rings is 1. The Balaban J connectivity index is 1.52. The van der Waals surface area contributed by atoms with Crippen molar-refractivity contribution in [2.45, 2.75) is 24.1 Å². The minimum Gasteiger partial charge on any atom is -0.296 e.